The summed E-state index contributed by atoms with van der Waals surface area (Å²) in [6.07, 6.45) is 0.802. The maximum absolute atomic E-state index is 10.9. The summed E-state index contributed by atoms with van der Waals surface area (Å²) in [5, 5.41) is 34.8. The van der Waals surface area contributed by atoms with E-state index in [9.17, 15) is 10.4 Å². The molecule has 2 heterocycles. The predicted molar refractivity (Wildman–Crippen MR) is 203 cm³/mol. The van der Waals surface area contributed by atoms with Crippen molar-refractivity contribution in [1.29, 1.82) is 5.26 Å². The zero-order valence-corrected chi connectivity index (χ0v) is 29.6. The van der Waals surface area contributed by atoms with Crippen LogP contribution < -0.4 is 0 Å². The number of imidazole rings is 1. The highest BCUT2D eigenvalue weighted by molar-refractivity contribution is 5.81. The van der Waals surface area contributed by atoms with Gasteiger partial charge in [-0.1, -0.05) is 160 Å². The second-order valence-electron chi connectivity index (χ2n) is 13.4. The number of hydrogen-bond acceptors (Lipinski definition) is 6. The molecule has 0 aliphatic heterocycles. The Hall–Kier alpha value is -6.17. The van der Waals surface area contributed by atoms with Crippen molar-refractivity contribution in [2.75, 3.05) is 0 Å². The minimum atomic E-state index is -0.874. The molecule has 52 heavy (non-hydrogen) atoms. The first-order chi connectivity index (χ1) is 25.5. The Morgan fingerprint density at radius 2 is 1.27 bits per heavy atom. The summed E-state index contributed by atoms with van der Waals surface area (Å²) in [7, 11) is 0. The number of aromatic nitrogens is 6. The minimum absolute atomic E-state index is 0.0523. The first-order valence-corrected chi connectivity index (χ1v) is 17.8. The highest BCUT2D eigenvalue weighted by Crippen LogP contribution is 2.43. The molecule has 7 aromatic rings. The van der Waals surface area contributed by atoms with Crippen LogP contribution in [0, 0.1) is 17.2 Å². The molecule has 258 valence electrons. The number of aliphatic hydroxyl groups is 1. The third kappa shape index (κ3) is 6.21. The zero-order chi connectivity index (χ0) is 36.1. The average molecular weight is 684 g/mol. The minimum Gasteiger partial charge on any atom is -0.386 e. The van der Waals surface area contributed by atoms with Gasteiger partial charge in [0.2, 0.25) is 0 Å². The number of nitrogens with zero attached hydrogens (tertiary/aromatic N) is 7. The number of tetrazole rings is 1. The normalized spacial score (nSPS) is 12.2. The number of aryl methyl sites for hydroxylation is 1. The van der Waals surface area contributed by atoms with Crippen LogP contribution in [0.1, 0.15) is 72.8 Å². The maximum Gasteiger partial charge on any atom is 0.184 e. The lowest BCUT2D eigenvalue weighted by Gasteiger charge is -2.36. The molecule has 0 saturated carbocycles. The molecule has 0 fully saturated rings. The van der Waals surface area contributed by atoms with Gasteiger partial charge in [0.05, 0.1) is 0 Å². The van der Waals surface area contributed by atoms with Gasteiger partial charge in [0.1, 0.15) is 34.9 Å². The fourth-order valence-electron chi connectivity index (χ4n) is 7.13. The Kier molecular flexibility index (Phi) is 9.88. The van der Waals surface area contributed by atoms with E-state index in [2.05, 4.69) is 127 Å². The van der Waals surface area contributed by atoms with Crippen molar-refractivity contribution in [1.82, 2.24) is 29.8 Å². The molecule has 0 aliphatic carbocycles. The van der Waals surface area contributed by atoms with Crippen molar-refractivity contribution in [3.05, 3.63) is 179 Å². The van der Waals surface area contributed by atoms with Gasteiger partial charge < -0.3 is 9.67 Å². The Bertz CT molecular complexity index is 2190. The largest absolute Gasteiger partial charge is 0.386 e. The summed E-state index contributed by atoms with van der Waals surface area (Å²) >= 11 is 0. The number of benzene rings is 5. The Morgan fingerprint density at radius 3 is 1.79 bits per heavy atom. The first-order valence-electron chi connectivity index (χ1n) is 17.8. The Morgan fingerprint density at radius 1 is 0.731 bits per heavy atom. The topological polar surface area (TPSA) is 105 Å². The quantitative estimate of drug-likeness (QED) is 0.129. The summed E-state index contributed by atoms with van der Waals surface area (Å²) in [5.41, 5.74) is 7.02. The molecule has 0 aliphatic rings. The predicted octanol–water partition coefficient (Wildman–Crippen LogP) is 8.61. The number of aliphatic hydroxyl groups excluding tert-OH is 1. The molecule has 0 bridgehead atoms. The number of nitriles is 1. The molecule has 1 N–H and O–H groups in total. The van der Waals surface area contributed by atoms with E-state index in [1.54, 1.807) is 0 Å². The van der Waals surface area contributed by atoms with Crippen LogP contribution in [0.2, 0.25) is 0 Å². The average Bonchev–Trinajstić information content (AvgIpc) is 3.82. The van der Waals surface area contributed by atoms with E-state index < -0.39 is 11.6 Å². The SMILES string of the molecule is CCCc1nc(C(O)C(C)C)c(C#N)n1Cc1ccc(-c2ccccc2-c2nnnn2C(c2ccccc2)(c2ccccc2)c2ccccc2)cc1. The van der Waals surface area contributed by atoms with Crippen molar-refractivity contribution in [2.45, 2.75) is 51.8 Å². The van der Waals surface area contributed by atoms with Gasteiger partial charge in [-0.3, -0.25) is 0 Å². The number of hydrogen-bond donors (Lipinski definition) is 1. The van der Waals surface area contributed by atoms with E-state index in [4.69, 9.17) is 15.3 Å². The molecule has 8 nitrogen and oxygen atoms in total. The van der Waals surface area contributed by atoms with Crippen LogP contribution in [0.15, 0.2) is 140 Å². The molecule has 0 spiro atoms. The Balaban J connectivity index is 1.33. The second-order valence-corrected chi connectivity index (χ2v) is 13.4. The van der Waals surface area contributed by atoms with Crippen molar-refractivity contribution in [3.63, 3.8) is 0 Å². The van der Waals surface area contributed by atoms with Crippen LogP contribution in [0.5, 0.6) is 0 Å². The van der Waals surface area contributed by atoms with Crippen LogP contribution in [0.25, 0.3) is 22.5 Å². The third-order valence-corrected chi connectivity index (χ3v) is 9.70. The number of rotatable bonds is 12. The van der Waals surface area contributed by atoms with Gasteiger partial charge in [-0.25, -0.2) is 9.67 Å². The van der Waals surface area contributed by atoms with Gasteiger partial charge >= 0.3 is 0 Å². The molecule has 0 radical (unpaired) electrons. The van der Waals surface area contributed by atoms with Crippen molar-refractivity contribution in [3.8, 4) is 28.6 Å². The molecule has 1 unspecified atom stereocenters. The standard InChI is InChI=1S/C44H41N7O/c1-4-16-40-46-41(42(52)31(2)3)39(29-45)50(40)30-32-25-27-33(28-26-32)37-23-14-15-24-38(37)43-47-48-49-51(43)44(34-17-8-5-9-18-34,35-19-10-6-11-20-35)36-21-12-7-13-22-36/h5-15,17-28,31,42,52H,4,16,30H2,1-3H3. The van der Waals surface area contributed by atoms with Crippen molar-refractivity contribution < 1.29 is 5.11 Å². The van der Waals surface area contributed by atoms with E-state index in [-0.39, 0.29) is 5.92 Å². The van der Waals surface area contributed by atoms with Gasteiger partial charge in [-0.05, 0) is 56.1 Å². The second kappa shape index (κ2) is 15.0. The van der Waals surface area contributed by atoms with Gasteiger partial charge in [0.25, 0.3) is 0 Å². The lowest BCUT2D eigenvalue weighted by Crippen LogP contribution is -2.39. The monoisotopic (exact) mass is 683 g/mol. The van der Waals surface area contributed by atoms with E-state index in [1.807, 2.05) is 53.4 Å². The summed E-state index contributed by atoms with van der Waals surface area (Å²) in [4.78, 5) is 4.76. The molecule has 1 atom stereocenters. The molecule has 2 aromatic heterocycles. The molecule has 0 amide bonds. The summed E-state index contributed by atoms with van der Waals surface area (Å²) in [6, 6.07) is 50.1. The van der Waals surface area contributed by atoms with Crippen molar-refractivity contribution in [2.24, 2.45) is 5.92 Å². The van der Waals surface area contributed by atoms with Crippen LogP contribution in [-0.2, 0) is 18.5 Å². The third-order valence-electron chi connectivity index (χ3n) is 9.70. The van der Waals surface area contributed by atoms with Crippen LogP contribution in [-0.4, -0.2) is 34.9 Å². The Labute approximate surface area is 304 Å². The van der Waals surface area contributed by atoms with Gasteiger partial charge in [0.15, 0.2) is 5.82 Å². The van der Waals surface area contributed by atoms with Crippen LogP contribution in [0.3, 0.4) is 0 Å². The van der Waals surface area contributed by atoms with Gasteiger partial charge in [0, 0.05) is 18.5 Å². The smallest absolute Gasteiger partial charge is 0.184 e. The molecule has 5 aromatic carbocycles. The first kappa shape index (κ1) is 34.3. The molecular weight excluding hydrogens is 643 g/mol. The fraction of sp³-hybridized carbons (Fsp3) is 0.205. The van der Waals surface area contributed by atoms with E-state index in [0.29, 0.717) is 23.8 Å². The molecule has 8 heteroatoms. The summed E-state index contributed by atoms with van der Waals surface area (Å²) in [5.74, 6) is 1.39. The summed E-state index contributed by atoms with van der Waals surface area (Å²) in [6.45, 7) is 6.44. The van der Waals surface area contributed by atoms with Crippen molar-refractivity contribution >= 4 is 0 Å². The van der Waals surface area contributed by atoms with Crippen LogP contribution in [0.4, 0.5) is 0 Å². The van der Waals surface area contributed by atoms with Gasteiger partial charge in [-0.2, -0.15) is 5.26 Å². The highest BCUT2D eigenvalue weighted by atomic mass is 16.3. The zero-order valence-electron chi connectivity index (χ0n) is 29.6. The molecule has 7 rings (SSSR count). The lowest BCUT2D eigenvalue weighted by atomic mass is 9.77. The van der Waals surface area contributed by atoms with E-state index in [0.717, 1.165) is 57.6 Å². The molecule has 0 saturated heterocycles. The van der Waals surface area contributed by atoms with E-state index in [1.165, 1.54) is 0 Å². The summed E-state index contributed by atoms with van der Waals surface area (Å²) < 4.78 is 3.92. The van der Waals surface area contributed by atoms with Crippen LogP contribution >= 0.6 is 0 Å². The molecular formula is C44H41N7O. The maximum atomic E-state index is 10.9. The van der Waals surface area contributed by atoms with Gasteiger partial charge in [-0.15, -0.1) is 5.10 Å². The lowest BCUT2D eigenvalue weighted by molar-refractivity contribution is 0.122. The highest BCUT2D eigenvalue weighted by Gasteiger charge is 2.42. The van der Waals surface area contributed by atoms with E-state index >= 15 is 0 Å². The fourth-order valence-corrected chi connectivity index (χ4v) is 7.13.